The Hall–Kier alpha value is -1.52. The van der Waals surface area contributed by atoms with Gasteiger partial charge in [-0.05, 0) is 40.5 Å². The largest absolute Gasteiger partial charge is 0.464 e. The Bertz CT molecular complexity index is 294. The van der Waals surface area contributed by atoms with Gasteiger partial charge in [0.1, 0.15) is 11.6 Å². The Balaban J connectivity index is 4.43. The van der Waals surface area contributed by atoms with Crippen LogP contribution in [0.15, 0.2) is 12.7 Å². The summed E-state index contributed by atoms with van der Waals surface area (Å²) in [5, 5.41) is 2.51. The van der Waals surface area contributed by atoms with Crippen LogP contribution in [-0.2, 0) is 14.3 Å². The van der Waals surface area contributed by atoms with Crippen LogP contribution in [0.4, 0.5) is 4.79 Å². The van der Waals surface area contributed by atoms with E-state index in [-0.39, 0.29) is 6.61 Å². The van der Waals surface area contributed by atoms with Crippen LogP contribution in [0.5, 0.6) is 0 Å². The highest BCUT2D eigenvalue weighted by atomic mass is 16.6. The topological polar surface area (TPSA) is 64.6 Å². The Kier molecular flexibility index (Phi) is 7.08. The number of alkyl carbamates (subject to hydrolysis) is 1. The lowest BCUT2D eigenvalue weighted by molar-refractivity contribution is -0.145. The third kappa shape index (κ3) is 7.70. The number of hydrogen-bond donors (Lipinski definition) is 1. The molecule has 0 heterocycles. The molecule has 18 heavy (non-hydrogen) atoms. The third-order valence-electron chi connectivity index (χ3n) is 1.92. The van der Waals surface area contributed by atoms with Gasteiger partial charge < -0.3 is 14.8 Å². The molecule has 0 aromatic heterocycles. The number of amides is 1. The maximum absolute atomic E-state index is 11.6. The number of carbonyl (C=O) groups is 2. The highest BCUT2D eigenvalue weighted by Gasteiger charge is 2.24. The van der Waals surface area contributed by atoms with Crippen molar-refractivity contribution in [2.75, 3.05) is 6.61 Å². The summed E-state index contributed by atoms with van der Waals surface area (Å²) in [4.78, 5) is 23.2. The van der Waals surface area contributed by atoms with E-state index in [1.807, 2.05) is 0 Å². The molecule has 5 nitrogen and oxygen atoms in total. The molecule has 0 radical (unpaired) electrons. The van der Waals surface area contributed by atoms with Crippen LogP contribution >= 0.6 is 0 Å². The molecule has 5 heteroatoms. The molecule has 0 fully saturated rings. The van der Waals surface area contributed by atoms with Gasteiger partial charge in [0.25, 0.3) is 0 Å². The third-order valence-corrected chi connectivity index (χ3v) is 1.92. The number of carbonyl (C=O) groups excluding carboxylic acids is 2. The second-order valence-electron chi connectivity index (χ2n) is 4.82. The molecule has 0 aliphatic heterocycles. The van der Waals surface area contributed by atoms with Crippen LogP contribution in [0, 0.1) is 0 Å². The van der Waals surface area contributed by atoms with Gasteiger partial charge in [0, 0.05) is 0 Å². The first-order chi connectivity index (χ1) is 8.30. The molecule has 104 valence electrons. The van der Waals surface area contributed by atoms with Gasteiger partial charge in [-0.15, -0.1) is 6.58 Å². The van der Waals surface area contributed by atoms with Crippen molar-refractivity contribution in [1.82, 2.24) is 5.32 Å². The fourth-order valence-corrected chi connectivity index (χ4v) is 1.23. The number of esters is 1. The number of ether oxygens (including phenoxy) is 2. The molecule has 1 amide bonds. The Morgan fingerprint density at radius 2 is 2.00 bits per heavy atom. The summed E-state index contributed by atoms with van der Waals surface area (Å²) < 4.78 is 9.98. The summed E-state index contributed by atoms with van der Waals surface area (Å²) in [6.45, 7) is 10.9. The molecule has 0 spiro atoms. The van der Waals surface area contributed by atoms with Crippen molar-refractivity contribution < 1.29 is 19.1 Å². The van der Waals surface area contributed by atoms with E-state index in [4.69, 9.17) is 9.47 Å². The average molecular weight is 257 g/mol. The molecule has 0 saturated carbocycles. The smallest absolute Gasteiger partial charge is 0.408 e. The van der Waals surface area contributed by atoms with Crippen molar-refractivity contribution in [3.63, 3.8) is 0 Å². The van der Waals surface area contributed by atoms with Crippen LogP contribution < -0.4 is 5.32 Å². The van der Waals surface area contributed by atoms with Crippen LogP contribution in [0.2, 0.25) is 0 Å². The minimum Gasteiger partial charge on any atom is -0.464 e. The van der Waals surface area contributed by atoms with E-state index in [9.17, 15) is 9.59 Å². The summed E-state index contributed by atoms with van der Waals surface area (Å²) >= 11 is 0. The van der Waals surface area contributed by atoms with Gasteiger partial charge in [-0.3, -0.25) is 0 Å². The van der Waals surface area contributed by atoms with Crippen LogP contribution in [0.1, 0.15) is 40.5 Å². The minimum atomic E-state index is -0.696. The highest BCUT2D eigenvalue weighted by molar-refractivity contribution is 5.81. The van der Waals surface area contributed by atoms with Crippen LogP contribution in [0.3, 0.4) is 0 Å². The molecule has 0 bridgehead atoms. The summed E-state index contributed by atoms with van der Waals surface area (Å²) in [6.07, 6.45) is 2.12. The molecule has 0 aliphatic carbocycles. The van der Waals surface area contributed by atoms with Gasteiger partial charge in [-0.2, -0.15) is 0 Å². The normalized spacial score (nSPS) is 12.4. The first kappa shape index (κ1) is 16.5. The van der Waals surface area contributed by atoms with Gasteiger partial charge in [-0.1, -0.05) is 6.08 Å². The first-order valence-electron chi connectivity index (χ1n) is 6.07. The van der Waals surface area contributed by atoms with Gasteiger partial charge in [-0.25, -0.2) is 9.59 Å². The van der Waals surface area contributed by atoms with E-state index in [2.05, 4.69) is 11.9 Å². The second kappa shape index (κ2) is 7.74. The Morgan fingerprint density at radius 3 is 2.44 bits per heavy atom. The predicted octanol–water partition coefficient (Wildman–Crippen LogP) is 2.41. The lowest BCUT2D eigenvalue weighted by atomic mass is 10.1. The molecule has 0 aromatic carbocycles. The van der Waals surface area contributed by atoms with Crippen LogP contribution in [-0.4, -0.2) is 30.3 Å². The quantitative estimate of drug-likeness (QED) is 0.586. The summed E-state index contributed by atoms with van der Waals surface area (Å²) in [7, 11) is 0. The first-order valence-corrected chi connectivity index (χ1v) is 6.07. The van der Waals surface area contributed by atoms with Gasteiger partial charge >= 0.3 is 12.1 Å². The SMILES string of the molecule is C=CCC[C@@H](NC(=O)OC(C)(C)C)C(=O)OCC. The predicted molar refractivity (Wildman–Crippen MR) is 69.2 cm³/mol. The number of hydrogen-bond acceptors (Lipinski definition) is 4. The van der Waals surface area contributed by atoms with Crippen molar-refractivity contribution in [2.45, 2.75) is 52.2 Å². The number of nitrogens with one attached hydrogen (secondary N) is 1. The van der Waals surface area contributed by atoms with E-state index in [0.29, 0.717) is 12.8 Å². The van der Waals surface area contributed by atoms with Crippen molar-refractivity contribution in [3.05, 3.63) is 12.7 Å². The second-order valence-corrected chi connectivity index (χ2v) is 4.82. The van der Waals surface area contributed by atoms with Crippen molar-refractivity contribution in [2.24, 2.45) is 0 Å². The minimum absolute atomic E-state index is 0.277. The molecule has 1 N–H and O–H groups in total. The molecule has 1 atom stereocenters. The number of allylic oxidation sites excluding steroid dienone is 1. The lowest BCUT2D eigenvalue weighted by Crippen LogP contribution is -2.44. The molecular formula is C13H23NO4. The fourth-order valence-electron chi connectivity index (χ4n) is 1.23. The molecule has 0 saturated heterocycles. The van der Waals surface area contributed by atoms with E-state index in [0.717, 1.165) is 0 Å². The fraction of sp³-hybridized carbons (Fsp3) is 0.692. The molecular weight excluding hydrogens is 234 g/mol. The van der Waals surface area contributed by atoms with E-state index < -0.39 is 23.7 Å². The van der Waals surface area contributed by atoms with Gasteiger partial charge in [0.05, 0.1) is 6.61 Å². The van der Waals surface area contributed by atoms with E-state index in [1.165, 1.54) is 0 Å². The van der Waals surface area contributed by atoms with Crippen molar-refractivity contribution >= 4 is 12.1 Å². The van der Waals surface area contributed by atoms with Crippen molar-refractivity contribution in [3.8, 4) is 0 Å². The van der Waals surface area contributed by atoms with E-state index in [1.54, 1.807) is 33.8 Å². The van der Waals surface area contributed by atoms with Crippen LogP contribution in [0.25, 0.3) is 0 Å². The molecule has 0 unspecified atom stereocenters. The summed E-state index contributed by atoms with van der Waals surface area (Å²) in [5.41, 5.74) is -0.596. The zero-order chi connectivity index (χ0) is 14.2. The molecule has 0 aliphatic rings. The lowest BCUT2D eigenvalue weighted by Gasteiger charge is -2.22. The maximum atomic E-state index is 11.6. The zero-order valence-electron chi connectivity index (χ0n) is 11.6. The van der Waals surface area contributed by atoms with Gasteiger partial charge in [0.2, 0.25) is 0 Å². The zero-order valence-corrected chi connectivity index (χ0v) is 11.6. The standard InChI is InChI=1S/C13H23NO4/c1-6-8-9-10(11(15)17-7-2)14-12(16)18-13(3,4)5/h6,10H,1,7-9H2,2-5H3,(H,14,16)/t10-/m1/s1. The molecule has 0 rings (SSSR count). The van der Waals surface area contributed by atoms with E-state index >= 15 is 0 Å². The Morgan fingerprint density at radius 1 is 1.39 bits per heavy atom. The highest BCUT2D eigenvalue weighted by Crippen LogP contribution is 2.08. The number of rotatable bonds is 6. The summed E-state index contributed by atoms with van der Waals surface area (Å²) in [6, 6.07) is -0.696. The van der Waals surface area contributed by atoms with Crippen molar-refractivity contribution in [1.29, 1.82) is 0 Å². The van der Waals surface area contributed by atoms with Gasteiger partial charge in [0.15, 0.2) is 0 Å². The molecule has 0 aromatic rings. The Labute approximate surface area is 109 Å². The summed E-state index contributed by atoms with van der Waals surface area (Å²) in [5.74, 6) is -0.454. The maximum Gasteiger partial charge on any atom is 0.408 e. The monoisotopic (exact) mass is 257 g/mol. The average Bonchev–Trinajstić information content (AvgIpc) is 2.21.